The Bertz CT molecular complexity index is 453. The summed E-state index contributed by atoms with van der Waals surface area (Å²) in [7, 11) is 1.66. The fourth-order valence-electron chi connectivity index (χ4n) is 1.38. The van der Waals surface area contributed by atoms with Gasteiger partial charge in [0.05, 0.1) is 12.7 Å². The topological polar surface area (TPSA) is 48.1 Å². The first-order valence-corrected chi connectivity index (χ1v) is 5.44. The maximum atomic E-state index is 5.58. The second kappa shape index (κ2) is 4.42. The van der Waals surface area contributed by atoms with E-state index in [0.717, 1.165) is 21.1 Å². The van der Waals surface area contributed by atoms with E-state index in [2.05, 4.69) is 4.98 Å². The molecule has 0 bridgehead atoms. The van der Waals surface area contributed by atoms with Crippen molar-refractivity contribution in [3.63, 3.8) is 0 Å². The van der Waals surface area contributed by atoms with Gasteiger partial charge >= 0.3 is 0 Å². The molecule has 0 aliphatic heterocycles. The molecular weight excluding hydrogens is 208 g/mol. The van der Waals surface area contributed by atoms with Gasteiger partial charge in [-0.3, -0.25) is 4.98 Å². The van der Waals surface area contributed by atoms with Gasteiger partial charge in [-0.15, -0.1) is 11.3 Å². The molecule has 2 aromatic rings. The molecule has 3 nitrogen and oxygen atoms in total. The summed E-state index contributed by atoms with van der Waals surface area (Å²) in [6.45, 7) is 0.577. The third-order valence-corrected chi connectivity index (χ3v) is 3.27. The predicted molar refractivity (Wildman–Crippen MR) is 62.0 cm³/mol. The molecule has 2 aromatic heterocycles. The molecule has 2 heterocycles. The first-order chi connectivity index (χ1) is 7.35. The SMILES string of the molecule is COc1ccncc1-c1ccc(CN)s1. The van der Waals surface area contributed by atoms with Gasteiger partial charge in [0.25, 0.3) is 0 Å². The van der Waals surface area contributed by atoms with E-state index in [-0.39, 0.29) is 0 Å². The lowest BCUT2D eigenvalue weighted by Crippen LogP contribution is -1.91. The second-order valence-corrected chi connectivity index (χ2v) is 4.21. The lowest BCUT2D eigenvalue weighted by atomic mass is 10.2. The Morgan fingerprint density at radius 3 is 2.93 bits per heavy atom. The highest BCUT2D eigenvalue weighted by Gasteiger charge is 2.07. The highest BCUT2D eigenvalue weighted by Crippen LogP contribution is 2.33. The van der Waals surface area contributed by atoms with Gasteiger partial charge in [-0.05, 0) is 18.2 Å². The second-order valence-electron chi connectivity index (χ2n) is 3.05. The maximum Gasteiger partial charge on any atom is 0.130 e. The number of aromatic nitrogens is 1. The van der Waals surface area contributed by atoms with Gasteiger partial charge in [-0.2, -0.15) is 0 Å². The fraction of sp³-hybridized carbons (Fsp3) is 0.182. The monoisotopic (exact) mass is 220 g/mol. The predicted octanol–water partition coefficient (Wildman–Crippen LogP) is 2.28. The Hall–Kier alpha value is -1.39. The molecule has 2 N–H and O–H groups in total. The summed E-state index contributed by atoms with van der Waals surface area (Å²) in [5, 5.41) is 0. The average Bonchev–Trinajstić information content (AvgIpc) is 2.77. The van der Waals surface area contributed by atoms with Crippen LogP contribution in [0.15, 0.2) is 30.6 Å². The molecule has 15 heavy (non-hydrogen) atoms. The van der Waals surface area contributed by atoms with Crippen LogP contribution in [-0.4, -0.2) is 12.1 Å². The molecule has 0 spiro atoms. The molecule has 0 amide bonds. The fourth-order valence-corrected chi connectivity index (χ4v) is 2.28. The minimum atomic E-state index is 0.577. The number of hydrogen-bond donors (Lipinski definition) is 1. The van der Waals surface area contributed by atoms with Crippen molar-refractivity contribution in [1.82, 2.24) is 4.98 Å². The first-order valence-electron chi connectivity index (χ1n) is 4.62. The summed E-state index contributed by atoms with van der Waals surface area (Å²) in [4.78, 5) is 6.40. The number of ether oxygens (including phenoxy) is 1. The molecule has 78 valence electrons. The Balaban J connectivity index is 2.44. The number of pyridine rings is 1. The van der Waals surface area contributed by atoms with Gasteiger partial charge in [0, 0.05) is 28.7 Å². The van der Waals surface area contributed by atoms with Crippen molar-refractivity contribution in [2.24, 2.45) is 5.73 Å². The Kier molecular flexibility index (Phi) is 2.99. The third-order valence-electron chi connectivity index (χ3n) is 2.13. The van der Waals surface area contributed by atoms with Crippen LogP contribution in [0, 0.1) is 0 Å². The van der Waals surface area contributed by atoms with Crippen molar-refractivity contribution < 1.29 is 4.74 Å². The van der Waals surface area contributed by atoms with Crippen molar-refractivity contribution in [3.05, 3.63) is 35.5 Å². The van der Waals surface area contributed by atoms with E-state index in [1.165, 1.54) is 0 Å². The van der Waals surface area contributed by atoms with Crippen LogP contribution in [0.1, 0.15) is 4.88 Å². The molecule has 4 heteroatoms. The summed E-state index contributed by atoms with van der Waals surface area (Å²) < 4.78 is 5.28. The number of hydrogen-bond acceptors (Lipinski definition) is 4. The van der Waals surface area contributed by atoms with Crippen molar-refractivity contribution in [2.75, 3.05) is 7.11 Å². The summed E-state index contributed by atoms with van der Waals surface area (Å²) in [5.41, 5.74) is 6.59. The van der Waals surface area contributed by atoms with Crippen molar-refractivity contribution in [1.29, 1.82) is 0 Å². The van der Waals surface area contributed by atoms with E-state index in [1.807, 2.05) is 24.4 Å². The molecule has 0 aromatic carbocycles. The lowest BCUT2D eigenvalue weighted by Gasteiger charge is -2.04. The van der Waals surface area contributed by atoms with E-state index in [4.69, 9.17) is 10.5 Å². The molecule has 0 aliphatic rings. The smallest absolute Gasteiger partial charge is 0.130 e. The Labute approximate surface area is 92.5 Å². The Morgan fingerprint density at radius 2 is 2.27 bits per heavy atom. The normalized spacial score (nSPS) is 10.3. The van der Waals surface area contributed by atoms with Gasteiger partial charge < -0.3 is 10.5 Å². The van der Waals surface area contributed by atoms with E-state index in [9.17, 15) is 0 Å². The zero-order valence-corrected chi connectivity index (χ0v) is 9.25. The molecule has 0 radical (unpaired) electrons. The van der Waals surface area contributed by atoms with E-state index < -0.39 is 0 Å². The van der Waals surface area contributed by atoms with Gasteiger partial charge in [0.2, 0.25) is 0 Å². The zero-order chi connectivity index (χ0) is 10.7. The van der Waals surface area contributed by atoms with Crippen LogP contribution in [0.4, 0.5) is 0 Å². The van der Waals surface area contributed by atoms with Crippen LogP contribution in [0.5, 0.6) is 5.75 Å². The number of methoxy groups -OCH3 is 1. The molecule has 0 saturated carbocycles. The van der Waals surface area contributed by atoms with Crippen LogP contribution in [0.25, 0.3) is 10.4 Å². The van der Waals surface area contributed by atoms with Crippen LogP contribution in [-0.2, 0) is 6.54 Å². The molecule has 2 rings (SSSR count). The molecule has 0 unspecified atom stereocenters. The van der Waals surface area contributed by atoms with Crippen LogP contribution in [0.3, 0.4) is 0 Å². The highest BCUT2D eigenvalue weighted by atomic mass is 32.1. The molecule has 0 fully saturated rings. The quantitative estimate of drug-likeness (QED) is 0.863. The average molecular weight is 220 g/mol. The number of nitrogens with two attached hydrogens (primary N) is 1. The lowest BCUT2D eigenvalue weighted by molar-refractivity contribution is 0.416. The number of rotatable bonds is 3. The van der Waals surface area contributed by atoms with Gasteiger partial charge in [-0.1, -0.05) is 0 Å². The Morgan fingerprint density at radius 1 is 1.40 bits per heavy atom. The first kappa shape index (κ1) is 10.1. The number of thiophene rings is 1. The minimum Gasteiger partial charge on any atom is -0.496 e. The van der Waals surface area contributed by atoms with E-state index >= 15 is 0 Å². The number of nitrogens with zero attached hydrogens (tertiary/aromatic N) is 1. The molecule has 0 atom stereocenters. The summed E-state index contributed by atoms with van der Waals surface area (Å²) in [6, 6.07) is 5.94. The van der Waals surface area contributed by atoms with Crippen molar-refractivity contribution in [2.45, 2.75) is 6.54 Å². The minimum absolute atomic E-state index is 0.577. The van der Waals surface area contributed by atoms with Crippen molar-refractivity contribution >= 4 is 11.3 Å². The third kappa shape index (κ3) is 2.00. The maximum absolute atomic E-state index is 5.58. The van der Waals surface area contributed by atoms with Gasteiger partial charge in [0.1, 0.15) is 5.75 Å². The summed E-state index contributed by atoms with van der Waals surface area (Å²) in [5.74, 6) is 0.843. The van der Waals surface area contributed by atoms with Gasteiger partial charge in [0.15, 0.2) is 0 Å². The largest absolute Gasteiger partial charge is 0.496 e. The highest BCUT2D eigenvalue weighted by molar-refractivity contribution is 7.15. The van der Waals surface area contributed by atoms with E-state index in [0.29, 0.717) is 6.54 Å². The molecule has 0 aliphatic carbocycles. The molecule has 0 saturated heterocycles. The molecular formula is C11H12N2OS. The summed E-state index contributed by atoms with van der Waals surface area (Å²) in [6.07, 6.45) is 3.53. The zero-order valence-electron chi connectivity index (χ0n) is 8.43. The van der Waals surface area contributed by atoms with Crippen LogP contribution in [0.2, 0.25) is 0 Å². The van der Waals surface area contributed by atoms with E-state index in [1.54, 1.807) is 24.6 Å². The van der Waals surface area contributed by atoms with Crippen LogP contribution < -0.4 is 10.5 Å². The summed E-state index contributed by atoms with van der Waals surface area (Å²) >= 11 is 1.67. The van der Waals surface area contributed by atoms with Crippen LogP contribution >= 0.6 is 11.3 Å². The standard InChI is InChI=1S/C11H12N2OS/c1-14-10-4-5-13-7-9(10)11-3-2-8(6-12)15-11/h2-5,7H,6,12H2,1H3. The van der Waals surface area contributed by atoms with Gasteiger partial charge in [-0.25, -0.2) is 0 Å². The van der Waals surface area contributed by atoms with Crippen molar-refractivity contribution in [3.8, 4) is 16.2 Å².